The third-order valence-corrected chi connectivity index (χ3v) is 6.58. The zero-order valence-corrected chi connectivity index (χ0v) is 18.7. The van der Waals surface area contributed by atoms with E-state index in [9.17, 15) is 41.3 Å². The molecule has 2 rings (SSSR count). The van der Waals surface area contributed by atoms with Crippen LogP contribution < -0.4 is 5.32 Å². The number of carbonyl (C=O) groups is 2. The molecule has 1 aliphatic rings. The number of alkyl halides is 3. The van der Waals surface area contributed by atoms with E-state index in [2.05, 4.69) is 5.32 Å². The van der Waals surface area contributed by atoms with Gasteiger partial charge in [0.2, 0.25) is 0 Å². The Morgan fingerprint density at radius 1 is 1.33 bits per heavy atom. The van der Waals surface area contributed by atoms with Crippen molar-refractivity contribution in [3.63, 3.8) is 0 Å². The smallest absolute Gasteiger partial charge is 0.416 e. The highest BCUT2D eigenvalue weighted by atomic mass is 32.2. The van der Waals surface area contributed by atoms with Crippen molar-refractivity contribution in [3.05, 3.63) is 33.9 Å². The van der Waals surface area contributed by atoms with Gasteiger partial charge in [-0.15, -0.1) is 0 Å². The molecule has 0 radical (unpaired) electrons. The van der Waals surface area contributed by atoms with Crippen LogP contribution in [0, 0.1) is 16.0 Å². The van der Waals surface area contributed by atoms with Crippen molar-refractivity contribution >= 4 is 33.1 Å². The largest absolute Gasteiger partial charge is 0.454 e. The van der Waals surface area contributed by atoms with Gasteiger partial charge in [0, 0.05) is 18.7 Å². The molecule has 1 aliphatic heterocycles. The highest BCUT2D eigenvalue weighted by molar-refractivity contribution is 7.91. The van der Waals surface area contributed by atoms with Crippen molar-refractivity contribution < 1.29 is 40.8 Å². The van der Waals surface area contributed by atoms with Gasteiger partial charge in [-0.3, -0.25) is 19.7 Å². The minimum atomic E-state index is -4.77. The number of halogens is 3. The van der Waals surface area contributed by atoms with Crippen molar-refractivity contribution in [2.24, 2.45) is 5.92 Å². The second-order valence-corrected chi connectivity index (χ2v) is 10.2. The fourth-order valence-electron chi connectivity index (χ4n) is 3.32. The molecule has 0 bridgehead atoms. The molecule has 1 saturated heterocycles. The Morgan fingerprint density at radius 2 is 2.00 bits per heavy atom. The molecule has 1 N–H and O–H groups in total. The van der Waals surface area contributed by atoms with E-state index in [1.807, 2.05) is 13.8 Å². The molecular weight excluding hydrogens is 471 g/mol. The summed E-state index contributed by atoms with van der Waals surface area (Å²) in [5.41, 5.74) is -2.42. The van der Waals surface area contributed by atoms with Gasteiger partial charge in [0.15, 0.2) is 16.4 Å². The van der Waals surface area contributed by atoms with E-state index in [4.69, 9.17) is 4.74 Å². The van der Waals surface area contributed by atoms with Crippen molar-refractivity contribution in [1.82, 2.24) is 4.90 Å². The molecule has 1 atom stereocenters. The highest BCUT2D eigenvalue weighted by Crippen LogP contribution is 2.34. The van der Waals surface area contributed by atoms with Crippen molar-refractivity contribution in [1.29, 1.82) is 0 Å². The number of amides is 1. The summed E-state index contributed by atoms with van der Waals surface area (Å²) < 4.78 is 66.7. The van der Waals surface area contributed by atoms with Gasteiger partial charge < -0.3 is 15.0 Å². The summed E-state index contributed by atoms with van der Waals surface area (Å²) in [6, 6.07) is 1.28. The number of anilines is 1. The Bertz CT molecular complexity index is 1010. The quantitative estimate of drug-likeness (QED) is 0.313. The van der Waals surface area contributed by atoms with Gasteiger partial charge in [-0.25, -0.2) is 8.42 Å². The van der Waals surface area contributed by atoms with Crippen LogP contribution >= 0.6 is 0 Å². The summed E-state index contributed by atoms with van der Waals surface area (Å²) in [6.07, 6.45) is -4.49. The second kappa shape index (κ2) is 10.4. The fraction of sp³-hybridized carbons (Fsp3) is 0.579. The number of ether oxygens (including phenoxy) is 1. The molecule has 0 aromatic heterocycles. The lowest BCUT2D eigenvalue weighted by molar-refractivity contribution is -0.384. The predicted octanol–water partition coefficient (Wildman–Crippen LogP) is 2.24. The van der Waals surface area contributed by atoms with Gasteiger partial charge in [0.1, 0.15) is 12.2 Å². The summed E-state index contributed by atoms with van der Waals surface area (Å²) in [5, 5.41) is 13.4. The SMILES string of the molecule is CC(C)CN(C(=O)COC(=O)CNc1ccc(C(F)(F)F)cc1[N+](=O)[O-])C1CCS(=O)(=O)C1. The predicted molar refractivity (Wildman–Crippen MR) is 111 cm³/mol. The molecule has 0 spiro atoms. The maximum atomic E-state index is 12.8. The van der Waals surface area contributed by atoms with E-state index in [0.717, 1.165) is 6.07 Å². The first-order valence-corrected chi connectivity index (χ1v) is 11.8. The second-order valence-electron chi connectivity index (χ2n) is 8.00. The summed E-state index contributed by atoms with van der Waals surface area (Å²) in [7, 11) is -3.24. The van der Waals surface area contributed by atoms with E-state index >= 15 is 0 Å². The van der Waals surface area contributed by atoms with Crippen LogP contribution in [0.25, 0.3) is 0 Å². The molecule has 33 heavy (non-hydrogen) atoms. The Morgan fingerprint density at radius 3 is 2.52 bits per heavy atom. The monoisotopic (exact) mass is 495 g/mol. The Hall–Kier alpha value is -2.90. The van der Waals surface area contributed by atoms with E-state index in [0.29, 0.717) is 12.1 Å². The molecule has 0 saturated carbocycles. The van der Waals surface area contributed by atoms with Gasteiger partial charge >= 0.3 is 12.1 Å². The summed E-state index contributed by atoms with van der Waals surface area (Å²) in [6.45, 7) is 2.65. The maximum absolute atomic E-state index is 12.8. The Labute approximate surface area is 188 Å². The minimum absolute atomic E-state index is 0.0326. The summed E-state index contributed by atoms with van der Waals surface area (Å²) in [5.74, 6) is -1.72. The van der Waals surface area contributed by atoms with Crippen LogP contribution in [0.5, 0.6) is 0 Å². The molecule has 1 unspecified atom stereocenters. The number of nitro groups is 1. The van der Waals surface area contributed by atoms with E-state index in [1.165, 1.54) is 4.90 Å². The fourth-order valence-corrected chi connectivity index (χ4v) is 5.05. The van der Waals surface area contributed by atoms with Crippen LogP contribution in [0.15, 0.2) is 18.2 Å². The zero-order chi connectivity index (χ0) is 25.0. The number of esters is 1. The molecule has 184 valence electrons. The molecular formula is C19H24F3N3O7S. The molecule has 0 aliphatic carbocycles. The molecule has 10 nitrogen and oxygen atoms in total. The zero-order valence-electron chi connectivity index (χ0n) is 17.9. The van der Waals surface area contributed by atoms with Crippen LogP contribution in [-0.2, 0) is 30.3 Å². The number of sulfone groups is 1. The van der Waals surface area contributed by atoms with Gasteiger partial charge in [0.25, 0.3) is 11.6 Å². The standard InChI is InChI=1S/C19H24F3N3O7S/c1-12(2)9-24(14-5-6-33(30,31)11-14)17(26)10-32-18(27)8-23-15-4-3-13(19(20,21)22)7-16(15)25(28)29/h3-4,7,12,14,23H,5-6,8-11H2,1-2H3. The molecule has 1 aromatic carbocycles. The Kier molecular flexibility index (Phi) is 8.27. The first-order valence-electron chi connectivity index (χ1n) is 9.94. The maximum Gasteiger partial charge on any atom is 0.416 e. The highest BCUT2D eigenvalue weighted by Gasteiger charge is 2.35. The van der Waals surface area contributed by atoms with Gasteiger partial charge in [-0.05, 0) is 24.5 Å². The third-order valence-electron chi connectivity index (χ3n) is 4.83. The molecule has 14 heteroatoms. The lowest BCUT2D eigenvalue weighted by Gasteiger charge is -2.29. The van der Waals surface area contributed by atoms with Crippen LogP contribution in [0.3, 0.4) is 0 Å². The molecule has 1 heterocycles. The average Bonchev–Trinajstić information content (AvgIpc) is 3.06. The van der Waals surface area contributed by atoms with Gasteiger partial charge in [-0.2, -0.15) is 13.2 Å². The number of carbonyl (C=O) groups excluding carboxylic acids is 2. The molecule has 1 amide bonds. The van der Waals surface area contributed by atoms with Crippen LogP contribution in [0.4, 0.5) is 24.5 Å². The number of rotatable bonds is 9. The number of nitro benzene ring substituents is 1. The Balaban J connectivity index is 1.97. The van der Waals surface area contributed by atoms with Crippen molar-refractivity contribution in [2.75, 3.05) is 36.5 Å². The first-order chi connectivity index (χ1) is 15.2. The molecule has 1 fully saturated rings. The first kappa shape index (κ1) is 26.4. The average molecular weight is 495 g/mol. The third kappa shape index (κ3) is 7.58. The minimum Gasteiger partial charge on any atom is -0.454 e. The van der Waals surface area contributed by atoms with E-state index in [-0.39, 0.29) is 36.1 Å². The van der Waals surface area contributed by atoms with E-state index in [1.54, 1.807) is 0 Å². The van der Waals surface area contributed by atoms with E-state index < -0.39 is 63.3 Å². The number of hydrogen-bond acceptors (Lipinski definition) is 8. The number of benzene rings is 1. The number of hydrogen-bond donors (Lipinski definition) is 1. The van der Waals surface area contributed by atoms with Crippen LogP contribution in [0.1, 0.15) is 25.8 Å². The van der Waals surface area contributed by atoms with Gasteiger partial charge in [-0.1, -0.05) is 13.8 Å². The van der Waals surface area contributed by atoms with Crippen molar-refractivity contribution in [3.8, 4) is 0 Å². The molecule has 1 aromatic rings. The number of nitrogens with zero attached hydrogens (tertiary/aromatic N) is 2. The normalized spacial score (nSPS) is 17.6. The number of nitrogens with one attached hydrogen (secondary N) is 1. The van der Waals surface area contributed by atoms with Crippen LogP contribution in [0.2, 0.25) is 0 Å². The van der Waals surface area contributed by atoms with Crippen LogP contribution in [-0.4, -0.2) is 67.4 Å². The van der Waals surface area contributed by atoms with Crippen molar-refractivity contribution in [2.45, 2.75) is 32.5 Å². The summed E-state index contributed by atoms with van der Waals surface area (Å²) in [4.78, 5) is 36.0. The van der Waals surface area contributed by atoms with Gasteiger partial charge in [0.05, 0.1) is 22.0 Å². The lowest BCUT2D eigenvalue weighted by atomic mass is 10.1. The lowest BCUT2D eigenvalue weighted by Crippen LogP contribution is -2.45. The summed E-state index contributed by atoms with van der Waals surface area (Å²) >= 11 is 0. The topological polar surface area (TPSA) is 136 Å².